The average Bonchev–Trinajstić information content (AvgIpc) is 3.09. The van der Waals surface area contributed by atoms with Crippen molar-refractivity contribution in [1.82, 2.24) is 5.32 Å². The number of hydrogen-bond donors (Lipinski definition) is 1. The maximum atomic E-state index is 12.9. The fourth-order valence-corrected chi connectivity index (χ4v) is 3.20. The molecule has 0 spiro atoms. The Bertz CT molecular complexity index is 727. The Morgan fingerprint density at radius 3 is 2.69 bits per heavy atom. The zero-order valence-corrected chi connectivity index (χ0v) is 14.1. The van der Waals surface area contributed by atoms with Crippen LogP contribution in [-0.4, -0.2) is 18.1 Å². The van der Waals surface area contributed by atoms with E-state index in [4.69, 9.17) is 9.15 Å². The van der Waals surface area contributed by atoms with Crippen molar-refractivity contribution in [2.24, 2.45) is 5.92 Å². The lowest BCUT2D eigenvalue weighted by molar-refractivity contribution is -0.183. The van der Waals surface area contributed by atoms with Crippen molar-refractivity contribution in [3.8, 4) is 5.75 Å². The summed E-state index contributed by atoms with van der Waals surface area (Å²) < 4.78 is 49.6. The van der Waals surface area contributed by atoms with Crippen LogP contribution in [0.15, 0.2) is 47.1 Å². The van der Waals surface area contributed by atoms with Gasteiger partial charge in [0.1, 0.15) is 12.4 Å². The average molecular weight is 367 g/mol. The van der Waals surface area contributed by atoms with Crippen LogP contribution in [0.2, 0.25) is 0 Å². The van der Waals surface area contributed by atoms with E-state index < -0.39 is 24.0 Å². The molecule has 1 fully saturated rings. The van der Waals surface area contributed by atoms with Crippen LogP contribution >= 0.6 is 0 Å². The first-order valence-electron chi connectivity index (χ1n) is 8.55. The molecule has 1 aromatic heterocycles. The van der Waals surface area contributed by atoms with Crippen LogP contribution in [-0.2, 0) is 6.61 Å². The van der Waals surface area contributed by atoms with Crippen LogP contribution in [0.4, 0.5) is 13.2 Å². The van der Waals surface area contributed by atoms with Gasteiger partial charge in [0.05, 0.1) is 12.2 Å². The second-order valence-corrected chi connectivity index (χ2v) is 6.45. The van der Waals surface area contributed by atoms with E-state index in [2.05, 4.69) is 5.32 Å². The Kier molecular flexibility index (Phi) is 5.54. The number of halogens is 3. The molecule has 4 nitrogen and oxygen atoms in total. The first-order valence-corrected chi connectivity index (χ1v) is 8.55. The van der Waals surface area contributed by atoms with E-state index in [1.54, 1.807) is 18.2 Å². The lowest BCUT2D eigenvalue weighted by Crippen LogP contribution is -2.41. The molecular formula is C19H20F3NO3. The number of carbonyl (C=O) groups excluding carboxylic acids is 1. The molecule has 2 unspecified atom stereocenters. The number of carbonyl (C=O) groups is 1. The molecule has 26 heavy (non-hydrogen) atoms. The van der Waals surface area contributed by atoms with Gasteiger partial charge in [0.15, 0.2) is 5.76 Å². The van der Waals surface area contributed by atoms with Gasteiger partial charge in [0.25, 0.3) is 5.91 Å². The van der Waals surface area contributed by atoms with Crippen LogP contribution < -0.4 is 10.1 Å². The molecule has 1 amide bonds. The summed E-state index contributed by atoms with van der Waals surface area (Å²) in [6, 6.07) is 10.2. The minimum atomic E-state index is -4.22. The Balaban J connectivity index is 1.59. The standard InChI is InChI=1S/C19H20F3NO3/c20-19(21,22)14-5-4-6-15(11-14)23-18(24)17-13(9-10-25-17)12-26-16-7-2-1-3-8-16/h1-3,7-10,14-15H,4-6,11-12H2,(H,23,24). The van der Waals surface area contributed by atoms with E-state index in [0.29, 0.717) is 24.2 Å². The zero-order valence-electron chi connectivity index (χ0n) is 14.1. The predicted molar refractivity (Wildman–Crippen MR) is 88.7 cm³/mol. The molecule has 1 aliphatic rings. The molecule has 0 aliphatic heterocycles. The monoisotopic (exact) mass is 367 g/mol. The molecule has 0 saturated heterocycles. The Morgan fingerprint density at radius 1 is 1.19 bits per heavy atom. The predicted octanol–water partition coefficient (Wildman–Crippen LogP) is 4.71. The minimum Gasteiger partial charge on any atom is -0.489 e. The first-order chi connectivity index (χ1) is 12.4. The van der Waals surface area contributed by atoms with Crippen LogP contribution in [0.1, 0.15) is 41.8 Å². The zero-order chi connectivity index (χ0) is 18.6. The van der Waals surface area contributed by atoms with Crippen molar-refractivity contribution in [3.63, 3.8) is 0 Å². The maximum Gasteiger partial charge on any atom is 0.391 e. The number of rotatable bonds is 5. The third-order valence-corrected chi connectivity index (χ3v) is 4.56. The van der Waals surface area contributed by atoms with Crippen molar-refractivity contribution in [2.75, 3.05) is 0 Å². The summed E-state index contributed by atoms with van der Waals surface area (Å²) in [4.78, 5) is 12.4. The molecule has 1 aliphatic carbocycles. The molecule has 2 atom stereocenters. The molecular weight excluding hydrogens is 347 g/mol. The molecule has 1 heterocycles. The topological polar surface area (TPSA) is 51.5 Å². The van der Waals surface area contributed by atoms with Gasteiger partial charge in [-0.15, -0.1) is 0 Å². The van der Waals surface area contributed by atoms with E-state index in [1.807, 2.05) is 18.2 Å². The molecule has 1 saturated carbocycles. The lowest BCUT2D eigenvalue weighted by atomic mass is 9.85. The number of amides is 1. The summed E-state index contributed by atoms with van der Waals surface area (Å²) in [7, 11) is 0. The fraction of sp³-hybridized carbons (Fsp3) is 0.421. The summed E-state index contributed by atoms with van der Waals surface area (Å²) in [5.74, 6) is -1.14. The van der Waals surface area contributed by atoms with Crippen molar-refractivity contribution in [1.29, 1.82) is 0 Å². The third-order valence-electron chi connectivity index (χ3n) is 4.56. The van der Waals surface area contributed by atoms with Gasteiger partial charge in [0, 0.05) is 11.6 Å². The summed E-state index contributed by atoms with van der Waals surface area (Å²) in [6.07, 6.45) is -1.84. The molecule has 1 N–H and O–H groups in total. The fourth-order valence-electron chi connectivity index (χ4n) is 3.20. The van der Waals surface area contributed by atoms with Gasteiger partial charge in [-0.3, -0.25) is 4.79 Å². The number of alkyl halides is 3. The van der Waals surface area contributed by atoms with Crippen molar-refractivity contribution in [3.05, 3.63) is 54.0 Å². The smallest absolute Gasteiger partial charge is 0.391 e. The molecule has 1 aromatic carbocycles. The number of furan rings is 1. The Labute approximate surface area is 149 Å². The van der Waals surface area contributed by atoms with Gasteiger partial charge in [-0.2, -0.15) is 13.2 Å². The summed E-state index contributed by atoms with van der Waals surface area (Å²) >= 11 is 0. The van der Waals surface area contributed by atoms with Crippen LogP contribution in [0.3, 0.4) is 0 Å². The highest BCUT2D eigenvalue weighted by Crippen LogP contribution is 2.37. The Hall–Kier alpha value is -2.44. The van der Waals surface area contributed by atoms with Crippen LogP contribution in [0.25, 0.3) is 0 Å². The van der Waals surface area contributed by atoms with Gasteiger partial charge in [0.2, 0.25) is 0 Å². The van der Waals surface area contributed by atoms with E-state index in [-0.39, 0.29) is 25.2 Å². The minimum absolute atomic E-state index is 0.0788. The van der Waals surface area contributed by atoms with Crippen molar-refractivity contribution >= 4 is 5.91 Å². The quantitative estimate of drug-likeness (QED) is 0.833. The first kappa shape index (κ1) is 18.4. The largest absolute Gasteiger partial charge is 0.489 e. The highest BCUT2D eigenvalue weighted by molar-refractivity contribution is 5.93. The van der Waals surface area contributed by atoms with Crippen molar-refractivity contribution in [2.45, 2.75) is 44.5 Å². The van der Waals surface area contributed by atoms with Gasteiger partial charge in [-0.05, 0) is 37.5 Å². The highest BCUT2D eigenvalue weighted by atomic mass is 19.4. The Morgan fingerprint density at radius 2 is 1.96 bits per heavy atom. The second kappa shape index (κ2) is 7.85. The number of ether oxygens (including phenoxy) is 1. The van der Waals surface area contributed by atoms with Gasteiger partial charge in [-0.25, -0.2) is 0 Å². The normalized spacial score (nSPS) is 20.6. The molecule has 7 heteroatoms. The van der Waals surface area contributed by atoms with E-state index >= 15 is 0 Å². The molecule has 140 valence electrons. The second-order valence-electron chi connectivity index (χ2n) is 6.45. The van der Waals surface area contributed by atoms with E-state index in [1.165, 1.54) is 6.26 Å². The number of hydrogen-bond acceptors (Lipinski definition) is 3. The summed E-state index contributed by atoms with van der Waals surface area (Å²) in [5.41, 5.74) is 0.550. The number of para-hydroxylation sites is 1. The maximum absolute atomic E-state index is 12.9. The van der Waals surface area contributed by atoms with E-state index in [9.17, 15) is 18.0 Å². The third kappa shape index (κ3) is 4.59. The number of nitrogens with one attached hydrogen (secondary N) is 1. The molecule has 3 rings (SSSR count). The number of benzene rings is 1. The van der Waals surface area contributed by atoms with Crippen LogP contribution in [0.5, 0.6) is 5.75 Å². The summed E-state index contributed by atoms with van der Waals surface area (Å²) in [6.45, 7) is 0.138. The van der Waals surface area contributed by atoms with Gasteiger partial charge in [-0.1, -0.05) is 24.6 Å². The molecule has 0 bridgehead atoms. The van der Waals surface area contributed by atoms with Crippen molar-refractivity contribution < 1.29 is 27.1 Å². The summed E-state index contributed by atoms with van der Waals surface area (Å²) in [5, 5.41) is 2.67. The molecule has 0 radical (unpaired) electrons. The molecule has 2 aromatic rings. The lowest BCUT2D eigenvalue weighted by Gasteiger charge is -2.30. The van der Waals surface area contributed by atoms with Gasteiger partial charge >= 0.3 is 6.18 Å². The SMILES string of the molecule is O=C(NC1CCCC(C(F)(F)F)C1)c1occc1COc1ccccc1. The van der Waals surface area contributed by atoms with Crippen LogP contribution in [0, 0.1) is 5.92 Å². The van der Waals surface area contributed by atoms with Gasteiger partial charge < -0.3 is 14.5 Å². The van der Waals surface area contributed by atoms with E-state index in [0.717, 1.165) is 0 Å². The highest BCUT2D eigenvalue weighted by Gasteiger charge is 2.42.